The van der Waals surface area contributed by atoms with E-state index >= 15 is 0 Å². The lowest BCUT2D eigenvalue weighted by Crippen LogP contribution is -1.86. The third kappa shape index (κ3) is 1.53. The molecule has 0 bridgehead atoms. The van der Waals surface area contributed by atoms with Gasteiger partial charge in [0.05, 0.1) is 6.20 Å². The monoisotopic (exact) mass is 186 g/mol. The highest BCUT2D eigenvalue weighted by atomic mass is 15.4. The van der Waals surface area contributed by atoms with Crippen LogP contribution in [0.3, 0.4) is 0 Å². The number of rotatable bonds is 2. The Labute approximate surface area is 83.4 Å². The van der Waals surface area contributed by atoms with E-state index in [-0.39, 0.29) is 0 Å². The summed E-state index contributed by atoms with van der Waals surface area (Å²) in [7, 11) is 1.86. The first-order chi connectivity index (χ1) is 6.81. The average Bonchev–Trinajstić information content (AvgIpc) is 2.65. The number of nitrogens with zero attached hydrogens (tertiary/aromatic N) is 3. The molecule has 0 fully saturated rings. The highest BCUT2D eigenvalue weighted by Gasteiger charge is 2.05. The highest BCUT2D eigenvalue weighted by molar-refractivity contribution is 5.62. The molecule has 1 aromatic carbocycles. The quantitative estimate of drug-likeness (QED) is 0.716. The van der Waals surface area contributed by atoms with Crippen LogP contribution >= 0.6 is 0 Å². The van der Waals surface area contributed by atoms with Gasteiger partial charge in [-0.25, -0.2) is 0 Å². The molecule has 3 heteroatoms. The standard InChI is InChI=1S/C11H12N3/c1-3-9-6-4-5-7-10(9)11-8-14(2)13-12-11/h4-8H,1,3H2,2H3. The molecule has 71 valence electrons. The number of aromatic nitrogens is 3. The first kappa shape index (κ1) is 8.94. The van der Waals surface area contributed by atoms with E-state index in [9.17, 15) is 0 Å². The van der Waals surface area contributed by atoms with Crippen molar-refractivity contribution in [2.24, 2.45) is 7.05 Å². The maximum absolute atomic E-state index is 4.08. The lowest BCUT2D eigenvalue weighted by atomic mass is 10.0. The first-order valence-electron chi connectivity index (χ1n) is 4.55. The van der Waals surface area contributed by atoms with Crippen molar-refractivity contribution in [1.29, 1.82) is 0 Å². The van der Waals surface area contributed by atoms with Gasteiger partial charge in [-0.15, -0.1) is 5.10 Å². The van der Waals surface area contributed by atoms with Crippen LogP contribution in [0.4, 0.5) is 0 Å². The zero-order valence-corrected chi connectivity index (χ0v) is 8.14. The lowest BCUT2D eigenvalue weighted by molar-refractivity contribution is 0.715. The zero-order valence-electron chi connectivity index (χ0n) is 8.14. The highest BCUT2D eigenvalue weighted by Crippen LogP contribution is 2.20. The van der Waals surface area contributed by atoms with Crippen molar-refractivity contribution in [3.05, 3.63) is 42.9 Å². The molecule has 2 rings (SSSR count). The smallest absolute Gasteiger partial charge is 0.113 e. The second-order valence-corrected chi connectivity index (χ2v) is 3.18. The van der Waals surface area contributed by atoms with Crippen LogP contribution in [-0.2, 0) is 13.5 Å². The van der Waals surface area contributed by atoms with Crippen molar-refractivity contribution in [2.45, 2.75) is 6.42 Å². The molecule has 1 aromatic heterocycles. The van der Waals surface area contributed by atoms with E-state index in [0.717, 1.165) is 17.7 Å². The van der Waals surface area contributed by atoms with Crippen LogP contribution in [0.1, 0.15) is 5.56 Å². The summed E-state index contributed by atoms with van der Waals surface area (Å²) in [6, 6.07) is 8.13. The molecule has 0 N–H and O–H groups in total. The van der Waals surface area contributed by atoms with Gasteiger partial charge in [0.25, 0.3) is 0 Å². The van der Waals surface area contributed by atoms with Crippen LogP contribution in [0.25, 0.3) is 11.3 Å². The van der Waals surface area contributed by atoms with Gasteiger partial charge in [0.1, 0.15) is 5.69 Å². The average molecular weight is 186 g/mol. The minimum absolute atomic E-state index is 0.771. The van der Waals surface area contributed by atoms with Gasteiger partial charge in [0.2, 0.25) is 0 Å². The Morgan fingerprint density at radius 2 is 2.14 bits per heavy atom. The van der Waals surface area contributed by atoms with Crippen molar-refractivity contribution < 1.29 is 0 Å². The van der Waals surface area contributed by atoms with Crippen LogP contribution in [0.15, 0.2) is 30.5 Å². The third-order valence-electron chi connectivity index (χ3n) is 2.17. The SMILES string of the molecule is [CH2]Cc1ccccc1-c1cn(C)nn1. The molecule has 0 spiro atoms. The molecule has 1 heterocycles. The van der Waals surface area contributed by atoms with E-state index in [1.54, 1.807) is 4.68 Å². The molecule has 14 heavy (non-hydrogen) atoms. The Morgan fingerprint density at radius 3 is 2.79 bits per heavy atom. The van der Waals surface area contributed by atoms with Crippen molar-refractivity contribution in [2.75, 3.05) is 0 Å². The normalized spacial score (nSPS) is 10.4. The van der Waals surface area contributed by atoms with E-state index in [4.69, 9.17) is 0 Å². The van der Waals surface area contributed by atoms with E-state index in [1.165, 1.54) is 5.56 Å². The summed E-state index contributed by atoms with van der Waals surface area (Å²) in [6.45, 7) is 3.89. The minimum Gasteiger partial charge on any atom is -0.255 e. The predicted octanol–water partition coefficient (Wildman–Crippen LogP) is 1.86. The molecular formula is C11H12N3. The molecule has 1 radical (unpaired) electrons. The number of benzene rings is 1. The third-order valence-corrected chi connectivity index (χ3v) is 2.17. The second kappa shape index (κ2) is 3.62. The van der Waals surface area contributed by atoms with Crippen LogP contribution in [0, 0.1) is 6.92 Å². The summed E-state index contributed by atoms with van der Waals surface area (Å²) in [4.78, 5) is 0. The van der Waals surface area contributed by atoms with Crippen LogP contribution in [0.5, 0.6) is 0 Å². The van der Waals surface area contributed by atoms with Crippen molar-refractivity contribution in [1.82, 2.24) is 15.0 Å². The number of hydrogen-bond donors (Lipinski definition) is 0. The fourth-order valence-electron chi connectivity index (χ4n) is 1.46. The summed E-state index contributed by atoms with van der Waals surface area (Å²) in [5.41, 5.74) is 3.23. The second-order valence-electron chi connectivity index (χ2n) is 3.18. The Balaban J connectivity index is 2.50. The Bertz CT molecular complexity index is 432. The molecular weight excluding hydrogens is 174 g/mol. The van der Waals surface area contributed by atoms with Gasteiger partial charge in [-0.05, 0) is 18.9 Å². The Morgan fingerprint density at radius 1 is 1.36 bits per heavy atom. The van der Waals surface area contributed by atoms with E-state index in [1.807, 2.05) is 31.4 Å². The number of hydrogen-bond acceptors (Lipinski definition) is 2. The molecule has 0 saturated carbocycles. The van der Waals surface area contributed by atoms with E-state index < -0.39 is 0 Å². The summed E-state index contributed by atoms with van der Waals surface area (Å²) in [5, 5.41) is 7.99. The van der Waals surface area contributed by atoms with Gasteiger partial charge in [0, 0.05) is 12.6 Å². The molecule has 2 aromatic rings. The summed E-state index contributed by atoms with van der Waals surface area (Å²) in [6.07, 6.45) is 2.68. The van der Waals surface area contributed by atoms with E-state index in [0.29, 0.717) is 0 Å². The van der Waals surface area contributed by atoms with E-state index in [2.05, 4.69) is 23.3 Å². The summed E-state index contributed by atoms with van der Waals surface area (Å²) in [5.74, 6) is 0. The Kier molecular flexibility index (Phi) is 2.31. The zero-order chi connectivity index (χ0) is 9.97. The summed E-state index contributed by atoms with van der Waals surface area (Å²) < 4.78 is 1.70. The van der Waals surface area contributed by atoms with Gasteiger partial charge in [-0.1, -0.05) is 29.5 Å². The maximum atomic E-state index is 4.08. The van der Waals surface area contributed by atoms with Gasteiger partial charge >= 0.3 is 0 Å². The van der Waals surface area contributed by atoms with Gasteiger partial charge in [-0.3, -0.25) is 4.68 Å². The van der Waals surface area contributed by atoms with Crippen molar-refractivity contribution >= 4 is 0 Å². The van der Waals surface area contributed by atoms with Gasteiger partial charge < -0.3 is 0 Å². The first-order valence-corrected chi connectivity index (χ1v) is 4.55. The van der Waals surface area contributed by atoms with Crippen molar-refractivity contribution in [3.63, 3.8) is 0 Å². The molecule has 0 aliphatic carbocycles. The van der Waals surface area contributed by atoms with Crippen LogP contribution in [-0.4, -0.2) is 15.0 Å². The predicted molar refractivity (Wildman–Crippen MR) is 55.5 cm³/mol. The molecule has 0 unspecified atom stereocenters. The van der Waals surface area contributed by atoms with Crippen LogP contribution < -0.4 is 0 Å². The largest absolute Gasteiger partial charge is 0.255 e. The molecule has 0 amide bonds. The minimum atomic E-state index is 0.771. The van der Waals surface area contributed by atoms with Crippen LogP contribution in [0.2, 0.25) is 0 Å². The van der Waals surface area contributed by atoms with Gasteiger partial charge in [0.15, 0.2) is 0 Å². The Hall–Kier alpha value is -1.64. The summed E-state index contributed by atoms with van der Waals surface area (Å²) >= 11 is 0. The fourth-order valence-corrected chi connectivity index (χ4v) is 1.46. The molecule has 0 atom stereocenters. The maximum Gasteiger partial charge on any atom is 0.113 e. The topological polar surface area (TPSA) is 30.7 Å². The lowest BCUT2D eigenvalue weighted by Gasteiger charge is -2.02. The fraction of sp³-hybridized carbons (Fsp3) is 0.182. The molecule has 3 nitrogen and oxygen atoms in total. The van der Waals surface area contributed by atoms with Crippen molar-refractivity contribution in [3.8, 4) is 11.3 Å². The molecule has 0 aliphatic rings. The number of aryl methyl sites for hydroxylation is 1. The molecule has 0 saturated heterocycles. The van der Waals surface area contributed by atoms with Gasteiger partial charge in [-0.2, -0.15) is 0 Å². The molecule has 0 aliphatic heterocycles.